The van der Waals surface area contributed by atoms with Gasteiger partial charge in [-0.15, -0.1) is 0 Å². The molecule has 1 saturated heterocycles. The molecule has 1 aliphatic heterocycles. The van der Waals surface area contributed by atoms with E-state index in [0.717, 1.165) is 0 Å². The number of carboxylic acids is 1. The highest BCUT2D eigenvalue weighted by molar-refractivity contribution is 5.82. The quantitative estimate of drug-likeness (QED) is 0.778. The topological polar surface area (TPSA) is 78.9 Å². The van der Waals surface area contributed by atoms with Crippen LogP contribution < -0.4 is 5.32 Å². The second kappa shape index (κ2) is 6.54. The van der Waals surface area contributed by atoms with Gasteiger partial charge in [-0.3, -0.25) is 14.5 Å². The lowest BCUT2D eigenvalue weighted by Crippen LogP contribution is -2.55. The lowest BCUT2D eigenvalue weighted by molar-refractivity contribution is -0.144. The number of amides is 1. The van der Waals surface area contributed by atoms with Gasteiger partial charge in [-0.05, 0) is 34.2 Å². The van der Waals surface area contributed by atoms with Gasteiger partial charge in [0.05, 0.1) is 25.2 Å². The van der Waals surface area contributed by atoms with Crippen LogP contribution in [0.2, 0.25) is 0 Å². The number of hydrogen-bond donors (Lipinski definition) is 2. The van der Waals surface area contributed by atoms with Crippen molar-refractivity contribution in [1.29, 1.82) is 0 Å². The predicted molar refractivity (Wildman–Crippen MR) is 75.5 cm³/mol. The highest BCUT2D eigenvalue weighted by atomic mass is 16.5. The van der Waals surface area contributed by atoms with Gasteiger partial charge in [-0.2, -0.15) is 0 Å². The van der Waals surface area contributed by atoms with Crippen molar-refractivity contribution in [2.75, 3.05) is 19.8 Å². The van der Waals surface area contributed by atoms with Crippen LogP contribution in [0.5, 0.6) is 0 Å². The summed E-state index contributed by atoms with van der Waals surface area (Å²) < 4.78 is 5.29. The zero-order valence-corrected chi connectivity index (χ0v) is 13.0. The Labute approximate surface area is 120 Å². The Bertz CT molecular complexity index is 365. The Hall–Kier alpha value is -1.14. The molecule has 0 aromatic rings. The molecule has 3 unspecified atom stereocenters. The average Bonchev–Trinajstić information content (AvgIpc) is 2.76. The van der Waals surface area contributed by atoms with Gasteiger partial charge in [0, 0.05) is 11.6 Å². The first-order valence-corrected chi connectivity index (χ1v) is 7.05. The van der Waals surface area contributed by atoms with Crippen molar-refractivity contribution in [3.05, 3.63) is 0 Å². The summed E-state index contributed by atoms with van der Waals surface area (Å²) in [7, 11) is 0. The Balaban J connectivity index is 2.79. The van der Waals surface area contributed by atoms with Gasteiger partial charge in [-0.1, -0.05) is 6.92 Å². The molecule has 0 aromatic heterocycles. The molecular weight excluding hydrogens is 260 g/mol. The smallest absolute Gasteiger partial charge is 0.310 e. The van der Waals surface area contributed by atoms with E-state index >= 15 is 0 Å². The molecular formula is C14H26N2O4. The van der Waals surface area contributed by atoms with Crippen molar-refractivity contribution in [2.24, 2.45) is 5.92 Å². The summed E-state index contributed by atoms with van der Waals surface area (Å²) in [6.45, 7) is 10.7. The van der Waals surface area contributed by atoms with E-state index in [1.165, 1.54) is 0 Å². The Kier molecular flexibility index (Phi) is 5.53. The lowest BCUT2D eigenvalue weighted by atomic mass is 10.00. The monoisotopic (exact) mass is 286 g/mol. The molecule has 1 amide bonds. The third-order valence-electron chi connectivity index (χ3n) is 3.53. The molecule has 6 heteroatoms. The highest BCUT2D eigenvalue weighted by Gasteiger charge is 2.40. The van der Waals surface area contributed by atoms with E-state index in [4.69, 9.17) is 4.74 Å². The average molecular weight is 286 g/mol. The number of likely N-dealkylation sites (N-methyl/N-ethyl adjacent to an activating group) is 1. The third kappa shape index (κ3) is 4.18. The van der Waals surface area contributed by atoms with Gasteiger partial charge in [-0.25, -0.2) is 0 Å². The zero-order valence-electron chi connectivity index (χ0n) is 13.0. The van der Waals surface area contributed by atoms with Crippen LogP contribution in [0.4, 0.5) is 0 Å². The highest BCUT2D eigenvalue weighted by Crippen LogP contribution is 2.22. The number of carbonyl (C=O) groups excluding carboxylic acids is 1. The number of nitrogens with zero attached hydrogens (tertiary/aromatic N) is 1. The van der Waals surface area contributed by atoms with Crippen LogP contribution >= 0.6 is 0 Å². The van der Waals surface area contributed by atoms with Crippen LogP contribution in [-0.2, 0) is 14.3 Å². The molecule has 116 valence electrons. The molecule has 1 aliphatic rings. The first-order valence-electron chi connectivity index (χ1n) is 7.05. The van der Waals surface area contributed by atoms with Crippen molar-refractivity contribution < 1.29 is 19.4 Å². The summed E-state index contributed by atoms with van der Waals surface area (Å²) in [4.78, 5) is 25.4. The van der Waals surface area contributed by atoms with E-state index in [2.05, 4.69) is 5.32 Å². The first-order chi connectivity index (χ1) is 9.17. The molecule has 1 heterocycles. The summed E-state index contributed by atoms with van der Waals surface area (Å²) in [5, 5.41) is 12.2. The van der Waals surface area contributed by atoms with E-state index in [1.54, 1.807) is 0 Å². The van der Waals surface area contributed by atoms with Crippen LogP contribution in [0.25, 0.3) is 0 Å². The number of ether oxygens (including phenoxy) is 1. The lowest BCUT2D eigenvalue weighted by Gasteiger charge is -2.35. The van der Waals surface area contributed by atoms with Crippen molar-refractivity contribution in [3.63, 3.8) is 0 Å². The normalized spacial score (nSPS) is 24.7. The number of aliphatic carboxylic acids is 1. The maximum absolute atomic E-state index is 12.3. The standard InChI is InChI=1S/C14H26N2O4/c1-6-16(9(2)12(17)15-14(3,4)5)11-8-20-7-10(11)13(18)19/h9-11H,6-8H2,1-5H3,(H,15,17)(H,18,19). The van der Waals surface area contributed by atoms with Gasteiger partial charge in [0.2, 0.25) is 5.91 Å². The maximum Gasteiger partial charge on any atom is 0.310 e. The number of hydrogen-bond acceptors (Lipinski definition) is 4. The first kappa shape index (κ1) is 16.9. The van der Waals surface area contributed by atoms with Crippen LogP contribution in [0, 0.1) is 5.92 Å². The largest absolute Gasteiger partial charge is 0.481 e. The molecule has 1 fully saturated rings. The van der Waals surface area contributed by atoms with E-state index < -0.39 is 11.9 Å². The fourth-order valence-corrected chi connectivity index (χ4v) is 2.53. The minimum atomic E-state index is -0.866. The summed E-state index contributed by atoms with van der Waals surface area (Å²) in [5.41, 5.74) is -0.302. The number of rotatable bonds is 5. The predicted octanol–water partition coefficient (Wildman–Crippen LogP) is 0.711. The number of carbonyl (C=O) groups is 2. The minimum Gasteiger partial charge on any atom is -0.481 e. The van der Waals surface area contributed by atoms with E-state index in [0.29, 0.717) is 13.2 Å². The van der Waals surface area contributed by atoms with Crippen LogP contribution in [0.1, 0.15) is 34.6 Å². The van der Waals surface area contributed by atoms with Gasteiger partial charge >= 0.3 is 5.97 Å². The summed E-state index contributed by atoms with van der Waals surface area (Å²) in [6.07, 6.45) is 0. The molecule has 3 atom stereocenters. The summed E-state index contributed by atoms with van der Waals surface area (Å²) >= 11 is 0. The number of nitrogens with one attached hydrogen (secondary N) is 1. The molecule has 0 bridgehead atoms. The summed E-state index contributed by atoms with van der Waals surface area (Å²) in [6, 6.07) is -0.633. The molecule has 20 heavy (non-hydrogen) atoms. The second-order valence-corrected chi connectivity index (χ2v) is 6.30. The maximum atomic E-state index is 12.3. The van der Waals surface area contributed by atoms with E-state index in [1.807, 2.05) is 39.5 Å². The van der Waals surface area contributed by atoms with Crippen molar-refractivity contribution >= 4 is 11.9 Å². The summed E-state index contributed by atoms with van der Waals surface area (Å²) in [5.74, 6) is -1.52. The van der Waals surface area contributed by atoms with Crippen LogP contribution in [0.15, 0.2) is 0 Å². The minimum absolute atomic E-state index is 0.0876. The fraction of sp³-hybridized carbons (Fsp3) is 0.857. The molecule has 0 aliphatic carbocycles. The SMILES string of the molecule is CCN(C(C)C(=O)NC(C)(C)C)C1COCC1C(=O)O. The van der Waals surface area contributed by atoms with Gasteiger partial charge < -0.3 is 15.2 Å². The number of carboxylic acid groups (broad SMARTS) is 1. The molecule has 0 saturated carbocycles. The van der Waals surface area contributed by atoms with Gasteiger partial charge in [0.15, 0.2) is 0 Å². The zero-order chi connectivity index (χ0) is 15.5. The fourth-order valence-electron chi connectivity index (χ4n) is 2.53. The van der Waals surface area contributed by atoms with E-state index in [-0.39, 0.29) is 30.1 Å². The Morgan fingerprint density at radius 3 is 2.45 bits per heavy atom. The third-order valence-corrected chi connectivity index (χ3v) is 3.53. The molecule has 2 N–H and O–H groups in total. The molecule has 1 rings (SSSR count). The van der Waals surface area contributed by atoms with Crippen LogP contribution in [-0.4, -0.2) is 59.3 Å². The van der Waals surface area contributed by atoms with Crippen molar-refractivity contribution in [2.45, 2.75) is 52.2 Å². The van der Waals surface area contributed by atoms with Crippen LogP contribution in [0.3, 0.4) is 0 Å². The molecule has 6 nitrogen and oxygen atoms in total. The van der Waals surface area contributed by atoms with Crippen molar-refractivity contribution in [3.8, 4) is 0 Å². The molecule has 0 aromatic carbocycles. The second-order valence-electron chi connectivity index (χ2n) is 6.30. The van der Waals surface area contributed by atoms with Gasteiger partial charge in [0.25, 0.3) is 0 Å². The Morgan fingerprint density at radius 2 is 2.00 bits per heavy atom. The van der Waals surface area contributed by atoms with Gasteiger partial charge in [0.1, 0.15) is 0 Å². The molecule has 0 spiro atoms. The van der Waals surface area contributed by atoms with E-state index in [9.17, 15) is 14.7 Å². The Morgan fingerprint density at radius 1 is 1.40 bits per heavy atom. The molecule has 0 radical (unpaired) electrons. The van der Waals surface area contributed by atoms with Crippen molar-refractivity contribution in [1.82, 2.24) is 10.2 Å².